The van der Waals surface area contributed by atoms with Crippen molar-refractivity contribution >= 4 is 17.2 Å². The lowest BCUT2D eigenvalue weighted by atomic mass is 10.2. The molecule has 116 valence electrons. The Kier molecular flexibility index (Phi) is 4.90. The van der Waals surface area contributed by atoms with Crippen LogP contribution >= 0.6 is 11.3 Å². The minimum absolute atomic E-state index is 0.197. The second kappa shape index (κ2) is 6.87. The molecule has 0 aromatic carbocycles. The first-order valence-corrected chi connectivity index (χ1v) is 8.64. The number of hydrogen-bond acceptors (Lipinski definition) is 5. The number of nitrogens with one attached hydrogen (secondary N) is 1. The molecule has 2 fully saturated rings. The predicted molar refractivity (Wildman–Crippen MR) is 85.1 cm³/mol. The summed E-state index contributed by atoms with van der Waals surface area (Å²) in [6, 6.07) is 4.74. The van der Waals surface area contributed by atoms with Crippen LogP contribution in [0.5, 0.6) is 0 Å². The van der Waals surface area contributed by atoms with Crippen LogP contribution in [-0.4, -0.2) is 47.9 Å². The van der Waals surface area contributed by atoms with E-state index in [1.165, 1.54) is 55.0 Å². The molecule has 0 radical (unpaired) electrons. The van der Waals surface area contributed by atoms with E-state index in [1.54, 1.807) is 0 Å². The number of piperazine rings is 1. The van der Waals surface area contributed by atoms with Gasteiger partial charge < -0.3 is 0 Å². The summed E-state index contributed by atoms with van der Waals surface area (Å²) in [7, 11) is 0. The smallest absolute Gasteiger partial charge is 0.275 e. The summed E-state index contributed by atoms with van der Waals surface area (Å²) in [5.41, 5.74) is 2.19. The molecular formula is C15H24N4OS. The van der Waals surface area contributed by atoms with Gasteiger partial charge in [0.1, 0.15) is 0 Å². The number of nitrogens with zero attached hydrogens (tertiary/aromatic N) is 2. The van der Waals surface area contributed by atoms with Crippen molar-refractivity contribution in [2.24, 2.45) is 5.84 Å². The highest BCUT2D eigenvalue weighted by Crippen LogP contribution is 2.25. The molecule has 1 aliphatic heterocycles. The van der Waals surface area contributed by atoms with E-state index in [1.807, 2.05) is 12.1 Å². The van der Waals surface area contributed by atoms with Crippen molar-refractivity contribution in [3.8, 4) is 0 Å². The number of hydrazine groups is 1. The quantitative estimate of drug-likeness (QED) is 0.502. The van der Waals surface area contributed by atoms with Crippen molar-refractivity contribution < 1.29 is 4.79 Å². The second-order valence-corrected chi connectivity index (χ2v) is 7.16. The fourth-order valence-electron chi connectivity index (χ4n) is 3.43. The Morgan fingerprint density at radius 1 is 1.24 bits per heavy atom. The average molecular weight is 308 g/mol. The molecule has 0 bridgehead atoms. The third kappa shape index (κ3) is 3.63. The highest BCUT2D eigenvalue weighted by atomic mass is 32.1. The average Bonchev–Trinajstić information content (AvgIpc) is 3.18. The summed E-state index contributed by atoms with van der Waals surface area (Å²) in [6.45, 7) is 5.58. The first-order valence-electron chi connectivity index (χ1n) is 7.82. The Morgan fingerprint density at radius 3 is 2.62 bits per heavy atom. The van der Waals surface area contributed by atoms with Crippen LogP contribution in [0.2, 0.25) is 0 Å². The van der Waals surface area contributed by atoms with Crippen molar-refractivity contribution in [3.05, 3.63) is 21.9 Å². The molecule has 1 aliphatic carbocycles. The summed E-state index contributed by atoms with van der Waals surface area (Å²) in [5, 5.41) is 0. The minimum Gasteiger partial charge on any atom is -0.298 e. The minimum atomic E-state index is -0.197. The lowest BCUT2D eigenvalue weighted by Gasteiger charge is -2.37. The van der Waals surface area contributed by atoms with Gasteiger partial charge in [0, 0.05) is 43.6 Å². The van der Waals surface area contributed by atoms with Gasteiger partial charge in [0.15, 0.2) is 0 Å². The summed E-state index contributed by atoms with van der Waals surface area (Å²) >= 11 is 1.54. The lowest BCUT2D eigenvalue weighted by molar-refractivity contribution is 0.0942. The van der Waals surface area contributed by atoms with Crippen LogP contribution in [0.3, 0.4) is 0 Å². The molecule has 1 amide bonds. The van der Waals surface area contributed by atoms with Gasteiger partial charge in [0.25, 0.3) is 5.91 Å². The molecule has 1 aromatic heterocycles. The van der Waals surface area contributed by atoms with Gasteiger partial charge in [-0.2, -0.15) is 0 Å². The number of hydrogen-bond donors (Lipinski definition) is 2. The first kappa shape index (κ1) is 15.0. The maximum Gasteiger partial charge on any atom is 0.275 e. The van der Waals surface area contributed by atoms with Gasteiger partial charge in [-0.25, -0.2) is 5.84 Å². The van der Waals surface area contributed by atoms with Crippen LogP contribution in [0, 0.1) is 0 Å². The van der Waals surface area contributed by atoms with E-state index < -0.39 is 0 Å². The zero-order chi connectivity index (χ0) is 14.7. The summed E-state index contributed by atoms with van der Waals surface area (Å²) in [5.74, 6) is 4.97. The number of nitrogen functional groups attached to an aromatic ring is 1. The Morgan fingerprint density at radius 2 is 1.95 bits per heavy atom. The van der Waals surface area contributed by atoms with E-state index in [-0.39, 0.29) is 5.91 Å². The van der Waals surface area contributed by atoms with E-state index in [0.717, 1.165) is 25.7 Å². The zero-order valence-electron chi connectivity index (χ0n) is 12.4. The highest BCUT2D eigenvalue weighted by Gasteiger charge is 2.26. The first-order chi connectivity index (χ1) is 10.3. The summed E-state index contributed by atoms with van der Waals surface area (Å²) < 4.78 is 0. The molecule has 21 heavy (non-hydrogen) atoms. The zero-order valence-corrected chi connectivity index (χ0v) is 13.2. The monoisotopic (exact) mass is 308 g/mol. The third-order valence-corrected chi connectivity index (χ3v) is 5.71. The number of thiophene rings is 1. The number of rotatable bonds is 4. The van der Waals surface area contributed by atoms with Crippen LogP contribution < -0.4 is 11.3 Å². The largest absolute Gasteiger partial charge is 0.298 e. The molecule has 1 saturated carbocycles. The van der Waals surface area contributed by atoms with Gasteiger partial charge in [0.2, 0.25) is 0 Å². The van der Waals surface area contributed by atoms with E-state index in [2.05, 4.69) is 15.2 Å². The Hall–Kier alpha value is -0.950. The molecule has 1 aromatic rings. The number of nitrogens with two attached hydrogens (primary N) is 1. The molecule has 3 N–H and O–H groups in total. The Bertz CT molecular complexity index is 476. The van der Waals surface area contributed by atoms with Gasteiger partial charge in [0.05, 0.1) is 4.88 Å². The molecule has 2 aliphatic rings. The molecule has 2 heterocycles. The van der Waals surface area contributed by atoms with Crippen molar-refractivity contribution in [3.63, 3.8) is 0 Å². The maximum absolute atomic E-state index is 11.5. The summed E-state index contributed by atoms with van der Waals surface area (Å²) in [4.78, 5) is 18.6. The SMILES string of the molecule is NNC(=O)c1ccc(CN2CCN(C3CCCC3)CC2)s1. The molecule has 1 saturated heterocycles. The topological polar surface area (TPSA) is 61.6 Å². The fraction of sp³-hybridized carbons (Fsp3) is 0.667. The number of amides is 1. The molecule has 6 heteroatoms. The van der Waals surface area contributed by atoms with Crippen LogP contribution in [0.1, 0.15) is 40.2 Å². The van der Waals surface area contributed by atoms with Gasteiger partial charge in [-0.05, 0) is 25.0 Å². The predicted octanol–water partition coefficient (Wildman–Crippen LogP) is 1.41. The molecule has 0 atom stereocenters. The number of carbonyl (C=O) groups excluding carboxylic acids is 1. The Balaban J connectivity index is 1.48. The van der Waals surface area contributed by atoms with Gasteiger partial charge >= 0.3 is 0 Å². The van der Waals surface area contributed by atoms with E-state index in [9.17, 15) is 4.79 Å². The van der Waals surface area contributed by atoms with Gasteiger partial charge in [-0.1, -0.05) is 12.8 Å². The molecule has 3 rings (SSSR count). The second-order valence-electron chi connectivity index (χ2n) is 5.99. The third-order valence-electron chi connectivity index (χ3n) is 4.64. The van der Waals surface area contributed by atoms with Crippen LogP contribution in [0.25, 0.3) is 0 Å². The molecule has 0 spiro atoms. The van der Waals surface area contributed by atoms with Crippen molar-refractivity contribution in [1.29, 1.82) is 0 Å². The highest BCUT2D eigenvalue weighted by molar-refractivity contribution is 7.14. The molecular weight excluding hydrogens is 284 g/mol. The standard InChI is InChI=1S/C15H24N4OS/c16-17-15(20)14-6-5-13(21-14)11-18-7-9-19(10-8-18)12-3-1-2-4-12/h5-6,12H,1-4,7-11,16H2,(H,17,20). The van der Waals surface area contributed by atoms with Crippen LogP contribution in [0.15, 0.2) is 12.1 Å². The van der Waals surface area contributed by atoms with E-state index in [0.29, 0.717) is 4.88 Å². The maximum atomic E-state index is 11.5. The lowest BCUT2D eigenvalue weighted by Crippen LogP contribution is -2.49. The van der Waals surface area contributed by atoms with Crippen molar-refractivity contribution in [1.82, 2.24) is 15.2 Å². The van der Waals surface area contributed by atoms with Crippen LogP contribution in [0.4, 0.5) is 0 Å². The van der Waals surface area contributed by atoms with Crippen LogP contribution in [-0.2, 0) is 6.54 Å². The van der Waals surface area contributed by atoms with Crippen molar-refractivity contribution in [2.75, 3.05) is 26.2 Å². The summed E-state index contributed by atoms with van der Waals surface area (Å²) in [6.07, 6.45) is 5.60. The normalized spacial score (nSPS) is 21.8. The van der Waals surface area contributed by atoms with E-state index >= 15 is 0 Å². The number of carbonyl (C=O) groups is 1. The van der Waals surface area contributed by atoms with Gasteiger partial charge in [-0.3, -0.25) is 20.0 Å². The van der Waals surface area contributed by atoms with Crippen molar-refractivity contribution in [2.45, 2.75) is 38.3 Å². The van der Waals surface area contributed by atoms with E-state index in [4.69, 9.17) is 5.84 Å². The molecule has 0 unspecified atom stereocenters. The fourth-order valence-corrected chi connectivity index (χ4v) is 4.39. The molecule has 5 nitrogen and oxygen atoms in total. The Labute approximate surface area is 130 Å². The van der Waals surface area contributed by atoms with Gasteiger partial charge in [-0.15, -0.1) is 11.3 Å².